The van der Waals surface area contributed by atoms with Crippen molar-refractivity contribution in [3.8, 4) is 0 Å². The summed E-state index contributed by atoms with van der Waals surface area (Å²) in [6.45, 7) is 1.65. The van der Waals surface area contributed by atoms with E-state index in [0.717, 1.165) is 30.8 Å². The zero-order valence-corrected chi connectivity index (χ0v) is 11.8. The first kappa shape index (κ1) is 16.6. The van der Waals surface area contributed by atoms with Gasteiger partial charge in [0.05, 0.1) is 11.0 Å². The summed E-state index contributed by atoms with van der Waals surface area (Å²) >= 11 is 1.63. The maximum atomic E-state index is 11.6. The Morgan fingerprint density at radius 3 is 3.00 bits per heavy atom. The highest BCUT2D eigenvalue weighted by molar-refractivity contribution is 7.09. The fourth-order valence-electron chi connectivity index (χ4n) is 1.70. The van der Waals surface area contributed by atoms with Gasteiger partial charge in [0, 0.05) is 24.5 Å². The smallest absolute Gasteiger partial charge is 0.237 e. The Bertz CT molecular complexity index is 315. The van der Waals surface area contributed by atoms with Gasteiger partial charge in [-0.2, -0.15) is 0 Å². The molecule has 1 fully saturated rings. The molecule has 0 aromatic carbocycles. The second-order valence-corrected chi connectivity index (χ2v) is 4.59. The van der Waals surface area contributed by atoms with Crippen LogP contribution in [0.5, 0.6) is 0 Å². The molecule has 0 aliphatic carbocycles. The fraction of sp³-hybridized carbons (Fsp3) is 0.600. The van der Waals surface area contributed by atoms with Crippen molar-refractivity contribution in [1.29, 1.82) is 0 Å². The molecular formula is C10H17Cl2N3OS. The summed E-state index contributed by atoms with van der Waals surface area (Å²) in [4.78, 5) is 15.7. The molecule has 7 heteroatoms. The zero-order chi connectivity index (χ0) is 10.5. The quantitative estimate of drug-likeness (QED) is 0.883. The van der Waals surface area contributed by atoms with Crippen LogP contribution in [-0.4, -0.2) is 30.0 Å². The van der Waals surface area contributed by atoms with Crippen LogP contribution < -0.4 is 10.6 Å². The highest BCUT2D eigenvalue weighted by Gasteiger charge is 2.21. The number of hydrogen-bond donors (Lipinski definition) is 2. The van der Waals surface area contributed by atoms with Gasteiger partial charge in [-0.15, -0.1) is 36.2 Å². The van der Waals surface area contributed by atoms with Gasteiger partial charge >= 0.3 is 0 Å². The largest absolute Gasteiger partial charge is 0.354 e. The van der Waals surface area contributed by atoms with Gasteiger partial charge in [-0.1, -0.05) is 0 Å². The molecule has 0 spiro atoms. The first-order valence-corrected chi connectivity index (χ1v) is 6.14. The van der Waals surface area contributed by atoms with Crippen molar-refractivity contribution in [3.05, 3.63) is 16.6 Å². The van der Waals surface area contributed by atoms with Crippen LogP contribution in [0.25, 0.3) is 0 Å². The summed E-state index contributed by atoms with van der Waals surface area (Å²) in [5.74, 6) is 0.129. The normalized spacial score (nSPS) is 18.0. The molecule has 0 saturated carbocycles. The van der Waals surface area contributed by atoms with Gasteiger partial charge in [-0.25, -0.2) is 4.98 Å². The van der Waals surface area contributed by atoms with E-state index in [9.17, 15) is 4.79 Å². The van der Waals surface area contributed by atoms with Crippen molar-refractivity contribution < 1.29 is 4.79 Å². The number of thiazole rings is 1. The number of nitrogens with zero attached hydrogens (tertiary/aromatic N) is 1. The minimum absolute atomic E-state index is 0. The lowest BCUT2D eigenvalue weighted by Gasteiger charge is -2.09. The lowest BCUT2D eigenvalue weighted by Crippen LogP contribution is -2.41. The Morgan fingerprint density at radius 1 is 1.59 bits per heavy atom. The van der Waals surface area contributed by atoms with Crippen molar-refractivity contribution in [2.45, 2.75) is 25.3 Å². The van der Waals surface area contributed by atoms with E-state index >= 15 is 0 Å². The van der Waals surface area contributed by atoms with Crippen molar-refractivity contribution in [3.63, 3.8) is 0 Å². The van der Waals surface area contributed by atoms with Gasteiger partial charge in [0.15, 0.2) is 0 Å². The first-order chi connectivity index (χ1) is 7.36. The Hall–Kier alpha value is -0.360. The Balaban J connectivity index is 0.00000128. The fourth-order valence-corrected chi connectivity index (χ4v) is 2.32. The molecule has 1 saturated heterocycles. The van der Waals surface area contributed by atoms with E-state index in [4.69, 9.17) is 0 Å². The summed E-state index contributed by atoms with van der Waals surface area (Å²) in [6, 6.07) is 0.0290. The van der Waals surface area contributed by atoms with Crippen LogP contribution in [0.3, 0.4) is 0 Å². The number of nitrogens with one attached hydrogen (secondary N) is 2. The molecule has 1 amide bonds. The molecule has 1 aliphatic rings. The summed E-state index contributed by atoms with van der Waals surface area (Å²) in [6.07, 6.45) is 4.68. The maximum Gasteiger partial charge on any atom is 0.237 e. The average molecular weight is 298 g/mol. The molecule has 1 aliphatic heterocycles. The van der Waals surface area contributed by atoms with Crippen molar-refractivity contribution in [2.24, 2.45) is 0 Å². The molecule has 0 bridgehead atoms. The predicted molar refractivity (Wildman–Crippen MR) is 74.3 cm³/mol. The SMILES string of the molecule is Cl.Cl.O=C(NCCc1nccs1)[C@@H]1CCCN1. The first-order valence-electron chi connectivity index (χ1n) is 5.26. The third-order valence-electron chi connectivity index (χ3n) is 2.50. The van der Waals surface area contributed by atoms with Crippen molar-refractivity contribution in [2.75, 3.05) is 13.1 Å². The van der Waals surface area contributed by atoms with Crippen LogP contribution in [0.1, 0.15) is 17.8 Å². The molecule has 4 nitrogen and oxygen atoms in total. The molecule has 2 heterocycles. The van der Waals surface area contributed by atoms with Gasteiger partial charge in [-0.05, 0) is 19.4 Å². The monoisotopic (exact) mass is 297 g/mol. The van der Waals surface area contributed by atoms with Gasteiger partial charge in [0.1, 0.15) is 0 Å². The van der Waals surface area contributed by atoms with E-state index in [1.165, 1.54) is 0 Å². The molecule has 0 unspecified atom stereocenters. The summed E-state index contributed by atoms with van der Waals surface area (Å²) < 4.78 is 0. The van der Waals surface area contributed by atoms with E-state index in [1.54, 1.807) is 17.5 Å². The van der Waals surface area contributed by atoms with Crippen LogP contribution in [0.15, 0.2) is 11.6 Å². The van der Waals surface area contributed by atoms with E-state index in [2.05, 4.69) is 15.6 Å². The molecular weight excluding hydrogens is 281 g/mol. The molecule has 1 atom stereocenters. The number of carbonyl (C=O) groups excluding carboxylic acids is 1. The zero-order valence-electron chi connectivity index (χ0n) is 9.35. The Labute approximate surface area is 117 Å². The topological polar surface area (TPSA) is 54.0 Å². The molecule has 2 N–H and O–H groups in total. The number of rotatable bonds is 4. The third kappa shape index (κ3) is 5.21. The molecule has 1 aromatic rings. The highest BCUT2D eigenvalue weighted by Crippen LogP contribution is 2.05. The van der Waals surface area contributed by atoms with Crippen LogP contribution in [-0.2, 0) is 11.2 Å². The number of halogens is 2. The average Bonchev–Trinajstić information content (AvgIpc) is 2.90. The van der Waals surface area contributed by atoms with Gasteiger partial charge in [0.2, 0.25) is 5.91 Å². The van der Waals surface area contributed by atoms with Crippen molar-refractivity contribution >= 4 is 42.1 Å². The summed E-state index contributed by atoms with van der Waals surface area (Å²) in [5.41, 5.74) is 0. The number of hydrogen-bond acceptors (Lipinski definition) is 4. The van der Waals surface area contributed by atoms with Gasteiger partial charge in [0.25, 0.3) is 0 Å². The number of aromatic nitrogens is 1. The summed E-state index contributed by atoms with van der Waals surface area (Å²) in [7, 11) is 0. The molecule has 98 valence electrons. The third-order valence-corrected chi connectivity index (χ3v) is 3.34. The van der Waals surface area contributed by atoms with Crippen LogP contribution in [0, 0.1) is 0 Å². The maximum absolute atomic E-state index is 11.6. The molecule has 17 heavy (non-hydrogen) atoms. The van der Waals surface area contributed by atoms with E-state index in [1.807, 2.05) is 5.38 Å². The predicted octanol–water partition coefficient (Wildman–Crippen LogP) is 1.40. The number of amides is 1. The second kappa shape index (κ2) is 8.69. The molecule has 2 rings (SSSR count). The van der Waals surface area contributed by atoms with Crippen LogP contribution >= 0.6 is 36.2 Å². The van der Waals surface area contributed by atoms with E-state index < -0.39 is 0 Å². The lowest BCUT2D eigenvalue weighted by atomic mass is 10.2. The van der Waals surface area contributed by atoms with Crippen LogP contribution in [0.2, 0.25) is 0 Å². The van der Waals surface area contributed by atoms with Crippen molar-refractivity contribution in [1.82, 2.24) is 15.6 Å². The Kier molecular flexibility index (Phi) is 8.51. The minimum Gasteiger partial charge on any atom is -0.354 e. The van der Waals surface area contributed by atoms with Gasteiger partial charge in [-0.3, -0.25) is 4.79 Å². The van der Waals surface area contributed by atoms with Gasteiger partial charge < -0.3 is 10.6 Å². The second-order valence-electron chi connectivity index (χ2n) is 3.62. The Morgan fingerprint density at radius 2 is 2.41 bits per heavy atom. The molecule has 1 aromatic heterocycles. The van der Waals surface area contributed by atoms with E-state index in [0.29, 0.717) is 6.54 Å². The highest BCUT2D eigenvalue weighted by atomic mass is 35.5. The molecule has 0 radical (unpaired) electrons. The standard InChI is InChI=1S/C10H15N3OS.2ClH/c14-10(8-2-1-4-11-8)13-5-3-9-12-6-7-15-9;;/h6-8,11H,1-5H2,(H,13,14);2*1H/t8-;;/m0../s1. The summed E-state index contributed by atoms with van der Waals surface area (Å²) in [5, 5.41) is 9.14. The number of carbonyl (C=O) groups is 1. The minimum atomic E-state index is 0. The lowest BCUT2D eigenvalue weighted by molar-refractivity contribution is -0.122. The van der Waals surface area contributed by atoms with E-state index in [-0.39, 0.29) is 36.8 Å². The van der Waals surface area contributed by atoms with Crippen LogP contribution in [0.4, 0.5) is 0 Å².